The van der Waals surface area contributed by atoms with Crippen molar-refractivity contribution in [2.24, 2.45) is 10.9 Å². The van der Waals surface area contributed by atoms with E-state index in [9.17, 15) is 0 Å². The van der Waals surface area contributed by atoms with Crippen LogP contribution in [-0.2, 0) is 0 Å². The Morgan fingerprint density at radius 3 is 2.93 bits per heavy atom. The van der Waals surface area contributed by atoms with Crippen molar-refractivity contribution in [3.05, 3.63) is 54.0 Å². The van der Waals surface area contributed by atoms with E-state index in [1.54, 1.807) is 12.5 Å². The average molecular weight is 387 g/mol. The highest BCUT2D eigenvalue weighted by Crippen LogP contribution is 2.32. The molecule has 0 amide bonds. The number of nitrogens with zero attached hydrogens (tertiary/aromatic N) is 4. The number of nitrogens with one attached hydrogen (secondary N) is 3. The van der Waals surface area contributed by atoms with E-state index < -0.39 is 0 Å². The number of hydrogen-bond donors (Lipinski definition) is 3. The molecule has 1 aromatic carbocycles. The molecule has 1 fully saturated rings. The molecule has 3 N–H and O–H groups in total. The van der Waals surface area contributed by atoms with Gasteiger partial charge in [0.15, 0.2) is 0 Å². The average Bonchev–Trinajstić information content (AvgIpc) is 3.48. The lowest BCUT2D eigenvalue weighted by Crippen LogP contribution is -2.13. The fourth-order valence-corrected chi connectivity index (χ4v) is 4.19. The highest BCUT2D eigenvalue weighted by Gasteiger charge is 2.22. The number of imidazole rings is 1. The molecule has 2 aliphatic rings. The molecule has 0 radical (unpaired) electrons. The molecule has 1 atom stereocenters. The Morgan fingerprint density at radius 2 is 2.03 bits per heavy atom. The van der Waals surface area contributed by atoms with E-state index in [1.807, 2.05) is 12.1 Å². The minimum atomic E-state index is 0.0654. The molecule has 29 heavy (non-hydrogen) atoms. The molecule has 3 heterocycles. The van der Waals surface area contributed by atoms with Gasteiger partial charge in [0.25, 0.3) is 0 Å². The van der Waals surface area contributed by atoms with Gasteiger partial charge in [-0.3, -0.25) is 4.99 Å². The molecule has 0 unspecified atom stereocenters. The smallest absolute Gasteiger partial charge is 0.225 e. The molecule has 0 saturated heterocycles. The summed E-state index contributed by atoms with van der Waals surface area (Å²) < 4.78 is 0. The minimum Gasteiger partial charge on any atom is -0.348 e. The van der Waals surface area contributed by atoms with Gasteiger partial charge in [0.05, 0.1) is 29.9 Å². The van der Waals surface area contributed by atoms with Gasteiger partial charge in [-0.05, 0) is 61.1 Å². The number of amidine groups is 1. The number of fused-ring (bicyclic) bond motifs is 1. The van der Waals surface area contributed by atoms with Crippen LogP contribution < -0.4 is 10.6 Å². The van der Waals surface area contributed by atoms with Gasteiger partial charge in [-0.2, -0.15) is 4.98 Å². The van der Waals surface area contributed by atoms with E-state index >= 15 is 0 Å². The maximum Gasteiger partial charge on any atom is 0.225 e. The van der Waals surface area contributed by atoms with Gasteiger partial charge >= 0.3 is 0 Å². The molecule has 5 rings (SSSR count). The van der Waals surface area contributed by atoms with E-state index in [1.165, 1.54) is 31.3 Å². The fourth-order valence-electron chi connectivity index (χ4n) is 4.19. The molecular formula is C22H25N7. The van der Waals surface area contributed by atoms with Crippen LogP contribution >= 0.6 is 0 Å². The lowest BCUT2D eigenvalue weighted by Gasteiger charge is -2.15. The van der Waals surface area contributed by atoms with Crippen molar-refractivity contribution in [1.29, 1.82) is 0 Å². The minimum absolute atomic E-state index is 0.0654. The Hall–Kier alpha value is -3.22. The Kier molecular flexibility index (Phi) is 4.71. The Balaban J connectivity index is 1.26. The molecule has 7 nitrogen and oxygen atoms in total. The maximum atomic E-state index is 4.64. The van der Waals surface area contributed by atoms with Gasteiger partial charge in [-0.1, -0.05) is 18.9 Å². The number of anilines is 2. The number of aliphatic imine (C=N–C) groups is 1. The number of aromatic nitrogens is 4. The SMILES string of the molecule is C[C@H](Nc1nccc(NC2=NCC(C3CCCC3)=C2)n1)c1ccc2nc[nH]c2c1. The summed E-state index contributed by atoms with van der Waals surface area (Å²) in [5.74, 6) is 2.95. The summed E-state index contributed by atoms with van der Waals surface area (Å²) in [6.07, 6.45) is 11.0. The topological polar surface area (TPSA) is 90.9 Å². The number of aromatic amines is 1. The van der Waals surface area contributed by atoms with Crippen molar-refractivity contribution in [3.8, 4) is 0 Å². The van der Waals surface area contributed by atoms with Crippen LogP contribution in [0, 0.1) is 5.92 Å². The zero-order valence-electron chi connectivity index (χ0n) is 16.5. The quantitative estimate of drug-likeness (QED) is 0.601. The van der Waals surface area contributed by atoms with Gasteiger partial charge in [0.1, 0.15) is 11.7 Å². The number of H-pyrrole nitrogens is 1. The monoisotopic (exact) mass is 387 g/mol. The molecule has 0 spiro atoms. The molecule has 2 aromatic heterocycles. The number of rotatable bonds is 5. The summed E-state index contributed by atoms with van der Waals surface area (Å²) in [4.78, 5) is 21.0. The van der Waals surface area contributed by atoms with E-state index in [-0.39, 0.29) is 6.04 Å². The molecule has 3 aromatic rings. The summed E-state index contributed by atoms with van der Waals surface area (Å²) in [6.45, 7) is 2.91. The number of benzene rings is 1. The second kappa shape index (κ2) is 7.66. The first kappa shape index (κ1) is 17.8. The Morgan fingerprint density at radius 1 is 1.14 bits per heavy atom. The molecular weight excluding hydrogens is 362 g/mol. The van der Waals surface area contributed by atoms with Crippen LogP contribution in [0.1, 0.15) is 44.2 Å². The van der Waals surface area contributed by atoms with Crippen LogP contribution in [-0.4, -0.2) is 32.3 Å². The largest absolute Gasteiger partial charge is 0.348 e. The van der Waals surface area contributed by atoms with Gasteiger partial charge in [-0.25, -0.2) is 9.97 Å². The third kappa shape index (κ3) is 3.85. The third-order valence-electron chi connectivity index (χ3n) is 5.84. The summed E-state index contributed by atoms with van der Waals surface area (Å²) in [6, 6.07) is 8.13. The summed E-state index contributed by atoms with van der Waals surface area (Å²) in [5, 5.41) is 6.72. The van der Waals surface area contributed by atoms with Gasteiger partial charge in [-0.15, -0.1) is 0 Å². The van der Waals surface area contributed by atoms with Gasteiger partial charge in [0.2, 0.25) is 5.95 Å². The van der Waals surface area contributed by atoms with Crippen LogP contribution in [0.3, 0.4) is 0 Å². The Bertz CT molecular complexity index is 1080. The molecule has 0 bridgehead atoms. The fraction of sp³-hybridized carbons (Fsp3) is 0.364. The van der Waals surface area contributed by atoms with Crippen molar-refractivity contribution in [2.75, 3.05) is 17.2 Å². The molecule has 1 aliphatic carbocycles. The van der Waals surface area contributed by atoms with E-state index in [0.29, 0.717) is 11.9 Å². The first-order valence-corrected chi connectivity index (χ1v) is 10.3. The normalized spacial score (nSPS) is 18.0. The first-order valence-electron chi connectivity index (χ1n) is 10.3. The standard InChI is InChI=1S/C22H25N7/c1-14(16-6-7-18-19(10-16)26-13-25-18)27-22-23-9-8-20(29-22)28-21-11-17(12-24-21)15-4-2-3-5-15/h6-11,13-15H,2-5,12H2,1H3,(H,25,26)(H2,23,24,27,28,29)/t14-/m0/s1. The molecule has 1 aliphatic heterocycles. The summed E-state index contributed by atoms with van der Waals surface area (Å²) in [5.41, 5.74) is 4.59. The van der Waals surface area contributed by atoms with Crippen LogP contribution in [0.5, 0.6) is 0 Å². The second-order valence-electron chi connectivity index (χ2n) is 7.84. The van der Waals surface area contributed by atoms with Gasteiger partial charge in [0, 0.05) is 6.20 Å². The van der Waals surface area contributed by atoms with Crippen LogP contribution in [0.4, 0.5) is 11.8 Å². The zero-order valence-corrected chi connectivity index (χ0v) is 16.5. The number of hydrogen-bond acceptors (Lipinski definition) is 6. The first-order chi connectivity index (χ1) is 14.2. The second-order valence-corrected chi connectivity index (χ2v) is 7.84. The van der Waals surface area contributed by atoms with Crippen LogP contribution in [0.2, 0.25) is 0 Å². The van der Waals surface area contributed by atoms with Crippen molar-refractivity contribution in [3.63, 3.8) is 0 Å². The highest BCUT2D eigenvalue weighted by atomic mass is 15.2. The third-order valence-corrected chi connectivity index (χ3v) is 5.84. The lowest BCUT2D eigenvalue weighted by molar-refractivity contribution is 0.635. The zero-order chi connectivity index (χ0) is 19.6. The summed E-state index contributed by atoms with van der Waals surface area (Å²) >= 11 is 0. The highest BCUT2D eigenvalue weighted by molar-refractivity contribution is 6.05. The predicted octanol–water partition coefficient (Wildman–Crippen LogP) is 4.47. The predicted molar refractivity (Wildman–Crippen MR) is 116 cm³/mol. The Labute approximate surface area is 169 Å². The van der Waals surface area contributed by atoms with Crippen molar-refractivity contribution in [2.45, 2.75) is 38.6 Å². The van der Waals surface area contributed by atoms with E-state index in [4.69, 9.17) is 0 Å². The van der Waals surface area contributed by atoms with Gasteiger partial charge < -0.3 is 15.6 Å². The molecule has 148 valence electrons. The van der Waals surface area contributed by atoms with Crippen molar-refractivity contribution < 1.29 is 0 Å². The summed E-state index contributed by atoms with van der Waals surface area (Å²) in [7, 11) is 0. The van der Waals surface area contributed by atoms with Crippen molar-refractivity contribution >= 4 is 28.6 Å². The van der Waals surface area contributed by atoms with E-state index in [2.05, 4.69) is 60.7 Å². The van der Waals surface area contributed by atoms with Crippen molar-refractivity contribution in [1.82, 2.24) is 19.9 Å². The van der Waals surface area contributed by atoms with Crippen LogP contribution in [0.15, 0.2) is 53.4 Å². The lowest BCUT2D eigenvalue weighted by atomic mass is 9.98. The van der Waals surface area contributed by atoms with Crippen LogP contribution in [0.25, 0.3) is 11.0 Å². The maximum absolute atomic E-state index is 4.64. The van der Waals surface area contributed by atoms with E-state index in [0.717, 1.165) is 34.8 Å². The molecule has 1 saturated carbocycles. The molecule has 7 heteroatoms.